The fourth-order valence-corrected chi connectivity index (χ4v) is 3.92. The Hall–Kier alpha value is -0.830. The number of likely N-dealkylation sites (tertiary alicyclic amines) is 1. The maximum atomic E-state index is 12.5. The second-order valence-corrected chi connectivity index (χ2v) is 6.28. The zero-order valence-electron chi connectivity index (χ0n) is 11.9. The van der Waals surface area contributed by atoms with E-state index in [0.717, 1.165) is 19.5 Å². The topological polar surface area (TPSA) is 32.3 Å². The number of nitrogens with one attached hydrogen (secondary N) is 1. The minimum absolute atomic E-state index is 0.379. The van der Waals surface area contributed by atoms with Crippen molar-refractivity contribution in [1.29, 1.82) is 0 Å². The highest BCUT2D eigenvalue weighted by molar-refractivity contribution is 5.79. The van der Waals surface area contributed by atoms with Crippen LogP contribution >= 0.6 is 0 Å². The van der Waals surface area contributed by atoms with Crippen LogP contribution in [0.1, 0.15) is 57.8 Å². The van der Waals surface area contributed by atoms with E-state index in [2.05, 4.69) is 16.3 Å². The third kappa shape index (κ3) is 3.02. The van der Waals surface area contributed by atoms with Crippen molar-refractivity contribution in [2.75, 3.05) is 13.1 Å². The summed E-state index contributed by atoms with van der Waals surface area (Å²) < 4.78 is 0. The van der Waals surface area contributed by atoms with Crippen molar-refractivity contribution >= 4 is 5.91 Å². The summed E-state index contributed by atoms with van der Waals surface area (Å²) in [5, 5.41) is 3.58. The molecular weight excluding hydrogens is 236 g/mol. The minimum atomic E-state index is 0.379. The standard InChI is InChI=1S/C16H26N2O/c19-16(12-13-6-2-1-3-7-13)18-11-5-9-15(18)14-8-4-10-17-14/h6,14-15,17H,1-5,7-12H2. The maximum Gasteiger partial charge on any atom is 0.226 e. The summed E-state index contributed by atoms with van der Waals surface area (Å²) in [5.74, 6) is 0.379. The number of rotatable bonds is 3. The SMILES string of the molecule is O=C(CC1=CCCCC1)N1CCCC1C1CCCN1. The summed E-state index contributed by atoms with van der Waals surface area (Å²) in [5.41, 5.74) is 1.39. The van der Waals surface area contributed by atoms with Crippen LogP contribution in [-0.4, -0.2) is 36.0 Å². The molecular formula is C16H26N2O. The van der Waals surface area contributed by atoms with Crippen LogP contribution in [0.25, 0.3) is 0 Å². The number of amides is 1. The molecule has 2 fully saturated rings. The van der Waals surface area contributed by atoms with E-state index >= 15 is 0 Å². The number of allylic oxidation sites excluding steroid dienone is 1. The summed E-state index contributed by atoms with van der Waals surface area (Å²) in [6.45, 7) is 2.11. The van der Waals surface area contributed by atoms with Crippen LogP contribution in [0.4, 0.5) is 0 Å². The van der Waals surface area contributed by atoms with Crippen molar-refractivity contribution in [2.24, 2.45) is 0 Å². The van der Waals surface area contributed by atoms with Gasteiger partial charge in [-0.25, -0.2) is 0 Å². The average Bonchev–Trinajstić information content (AvgIpc) is 3.10. The lowest BCUT2D eigenvalue weighted by molar-refractivity contribution is -0.131. The maximum absolute atomic E-state index is 12.5. The lowest BCUT2D eigenvalue weighted by Crippen LogP contribution is -2.46. The highest BCUT2D eigenvalue weighted by atomic mass is 16.2. The second kappa shape index (κ2) is 6.08. The summed E-state index contributed by atoms with van der Waals surface area (Å²) >= 11 is 0. The fourth-order valence-electron chi connectivity index (χ4n) is 3.92. The molecule has 2 unspecified atom stereocenters. The first-order chi connectivity index (χ1) is 9.34. The third-order valence-electron chi connectivity index (χ3n) is 4.95. The molecule has 0 saturated carbocycles. The molecule has 3 heteroatoms. The predicted molar refractivity (Wildman–Crippen MR) is 76.9 cm³/mol. The molecule has 106 valence electrons. The zero-order valence-corrected chi connectivity index (χ0v) is 11.9. The minimum Gasteiger partial charge on any atom is -0.338 e. The van der Waals surface area contributed by atoms with Crippen molar-refractivity contribution < 1.29 is 4.79 Å². The lowest BCUT2D eigenvalue weighted by atomic mass is 9.96. The first kappa shape index (κ1) is 13.2. The Balaban J connectivity index is 1.59. The Morgan fingerprint density at radius 3 is 2.95 bits per heavy atom. The van der Waals surface area contributed by atoms with Crippen LogP contribution in [0.15, 0.2) is 11.6 Å². The molecule has 19 heavy (non-hydrogen) atoms. The zero-order chi connectivity index (χ0) is 13.1. The highest BCUT2D eigenvalue weighted by Gasteiger charge is 2.35. The molecule has 2 atom stereocenters. The predicted octanol–water partition coefficient (Wildman–Crippen LogP) is 2.62. The number of hydrogen-bond donors (Lipinski definition) is 1. The number of hydrogen-bond acceptors (Lipinski definition) is 2. The van der Waals surface area contributed by atoms with Crippen LogP contribution < -0.4 is 5.32 Å². The normalized spacial score (nSPS) is 31.6. The van der Waals surface area contributed by atoms with Crippen LogP contribution in [0.5, 0.6) is 0 Å². The molecule has 0 aromatic carbocycles. The first-order valence-electron chi connectivity index (χ1n) is 8.05. The van der Waals surface area contributed by atoms with E-state index in [-0.39, 0.29) is 0 Å². The molecule has 0 aromatic rings. The second-order valence-electron chi connectivity index (χ2n) is 6.28. The summed E-state index contributed by atoms with van der Waals surface area (Å²) in [6.07, 6.45) is 12.8. The molecule has 3 rings (SSSR count). The molecule has 1 amide bonds. The van der Waals surface area contributed by atoms with Crippen LogP contribution in [0.2, 0.25) is 0 Å². The molecule has 0 bridgehead atoms. The Morgan fingerprint density at radius 2 is 2.21 bits per heavy atom. The summed E-state index contributed by atoms with van der Waals surface area (Å²) in [6, 6.07) is 1.03. The van der Waals surface area contributed by atoms with Gasteiger partial charge < -0.3 is 10.2 Å². The van der Waals surface area contributed by atoms with Gasteiger partial charge in [0.1, 0.15) is 0 Å². The summed E-state index contributed by atoms with van der Waals surface area (Å²) in [4.78, 5) is 14.7. The van der Waals surface area contributed by atoms with Gasteiger partial charge in [0.25, 0.3) is 0 Å². The smallest absolute Gasteiger partial charge is 0.226 e. The molecule has 2 saturated heterocycles. The van der Waals surface area contributed by atoms with Gasteiger partial charge in [0.2, 0.25) is 5.91 Å². The monoisotopic (exact) mass is 262 g/mol. The Kier molecular flexibility index (Phi) is 4.21. The van der Waals surface area contributed by atoms with Crippen LogP contribution in [0.3, 0.4) is 0 Å². The van der Waals surface area contributed by atoms with Crippen molar-refractivity contribution in [3.63, 3.8) is 0 Å². The lowest BCUT2D eigenvalue weighted by Gasteiger charge is -2.30. The van der Waals surface area contributed by atoms with Crippen molar-refractivity contribution in [2.45, 2.75) is 69.9 Å². The molecule has 0 radical (unpaired) electrons. The van der Waals surface area contributed by atoms with Crippen molar-refractivity contribution in [1.82, 2.24) is 10.2 Å². The molecule has 3 nitrogen and oxygen atoms in total. The van der Waals surface area contributed by atoms with Gasteiger partial charge in [0, 0.05) is 25.0 Å². The quantitative estimate of drug-likeness (QED) is 0.793. The number of carbonyl (C=O) groups excluding carboxylic acids is 1. The molecule has 2 aliphatic heterocycles. The number of nitrogens with zero attached hydrogens (tertiary/aromatic N) is 1. The van der Waals surface area contributed by atoms with E-state index in [1.807, 2.05) is 0 Å². The van der Waals surface area contributed by atoms with Gasteiger partial charge in [-0.2, -0.15) is 0 Å². The van der Waals surface area contributed by atoms with Gasteiger partial charge in [0.15, 0.2) is 0 Å². The third-order valence-corrected chi connectivity index (χ3v) is 4.95. The van der Waals surface area contributed by atoms with Gasteiger partial charge >= 0.3 is 0 Å². The molecule has 0 aromatic heterocycles. The molecule has 2 heterocycles. The average molecular weight is 262 g/mol. The van der Waals surface area contributed by atoms with Gasteiger partial charge in [-0.15, -0.1) is 0 Å². The van der Waals surface area contributed by atoms with E-state index in [4.69, 9.17) is 0 Å². The van der Waals surface area contributed by atoms with E-state index < -0.39 is 0 Å². The van der Waals surface area contributed by atoms with Gasteiger partial charge in [-0.3, -0.25) is 4.79 Å². The molecule has 3 aliphatic rings. The van der Waals surface area contributed by atoms with E-state index in [1.54, 1.807) is 0 Å². The highest BCUT2D eigenvalue weighted by Crippen LogP contribution is 2.27. The summed E-state index contributed by atoms with van der Waals surface area (Å²) in [7, 11) is 0. The molecule has 1 aliphatic carbocycles. The van der Waals surface area contributed by atoms with E-state index in [9.17, 15) is 4.79 Å². The largest absolute Gasteiger partial charge is 0.338 e. The van der Waals surface area contributed by atoms with Gasteiger partial charge in [-0.05, 0) is 57.9 Å². The van der Waals surface area contributed by atoms with Crippen molar-refractivity contribution in [3.8, 4) is 0 Å². The van der Waals surface area contributed by atoms with Gasteiger partial charge in [-0.1, -0.05) is 11.6 Å². The van der Waals surface area contributed by atoms with Gasteiger partial charge in [0.05, 0.1) is 0 Å². The first-order valence-corrected chi connectivity index (χ1v) is 8.05. The Bertz CT molecular complexity index is 358. The van der Waals surface area contributed by atoms with Crippen molar-refractivity contribution in [3.05, 3.63) is 11.6 Å². The van der Waals surface area contributed by atoms with Crippen LogP contribution in [0, 0.1) is 0 Å². The molecule has 1 N–H and O–H groups in total. The van der Waals surface area contributed by atoms with E-state index in [0.29, 0.717) is 24.4 Å². The Labute approximate surface area is 116 Å². The molecule has 0 spiro atoms. The fraction of sp³-hybridized carbons (Fsp3) is 0.812. The van der Waals surface area contributed by atoms with E-state index in [1.165, 1.54) is 50.5 Å². The Morgan fingerprint density at radius 1 is 1.26 bits per heavy atom. The van der Waals surface area contributed by atoms with Crippen LogP contribution in [-0.2, 0) is 4.79 Å². The number of carbonyl (C=O) groups is 1.